The SMILES string of the molecule is COc1ccncc1NC(=S)Nc1cccc2nc(C)n(CC(F)(F)F)c12. The average molecular weight is 395 g/mol. The number of imidazole rings is 1. The van der Waals surface area contributed by atoms with E-state index in [0.29, 0.717) is 28.2 Å². The number of thiocarbonyl (C=S) groups is 1. The smallest absolute Gasteiger partial charge is 0.406 e. The zero-order valence-corrected chi connectivity index (χ0v) is 15.3. The second kappa shape index (κ2) is 7.39. The van der Waals surface area contributed by atoms with Gasteiger partial charge >= 0.3 is 6.18 Å². The fraction of sp³-hybridized carbons (Fsp3) is 0.235. The maximum Gasteiger partial charge on any atom is 0.406 e. The molecule has 6 nitrogen and oxygen atoms in total. The molecule has 142 valence electrons. The number of para-hydroxylation sites is 1. The Morgan fingerprint density at radius 3 is 2.67 bits per heavy atom. The molecule has 0 fully saturated rings. The predicted octanol–water partition coefficient (Wildman–Crippen LogP) is 4.12. The number of hydrogen-bond acceptors (Lipinski definition) is 4. The van der Waals surface area contributed by atoms with Crippen molar-refractivity contribution in [2.24, 2.45) is 0 Å². The van der Waals surface area contributed by atoms with E-state index in [1.54, 1.807) is 30.5 Å². The normalized spacial score (nSPS) is 11.4. The highest BCUT2D eigenvalue weighted by molar-refractivity contribution is 7.80. The van der Waals surface area contributed by atoms with Gasteiger partial charge in [-0.3, -0.25) is 4.98 Å². The van der Waals surface area contributed by atoms with Gasteiger partial charge in [0.15, 0.2) is 5.11 Å². The maximum atomic E-state index is 13.0. The van der Waals surface area contributed by atoms with Gasteiger partial charge in [-0.25, -0.2) is 4.98 Å². The van der Waals surface area contributed by atoms with Gasteiger partial charge in [0.1, 0.15) is 23.8 Å². The topological polar surface area (TPSA) is 64.0 Å². The highest BCUT2D eigenvalue weighted by atomic mass is 32.1. The largest absolute Gasteiger partial charge is 0.494 e. The standard InChI is InChI=1S/C17H16F3N5OS/c1-10-22-11-4-3-5-12(15(11)25(10)9-17(18,19)20)23-16(27)24-13-8-21-7-6-14(13)26-2/h3-8H,9H2,1-2H3,(H2,23,24,27). The van der Waals surface area contributed by atoms with E-state index < -0.39 is 12.7 Å². The number of nitrogens with one attached hydrogen (secondary N) is 2. The molecule has 3 rings (SSSR count). The molecule has 0 saturated heterocycles. The summed E-state index contributed by atoms with van der Waals surface area (Å²) in [4.78, 5) is 8.20. The first-order valence-electron chi connectivity index (χ1n) is 7.87. The van der Waals surface area contributed by atoms with Crippen molar-refractivity contribution in [2.75, 3.05) is 17.7 Å². The molecule has 0 atom stereocenters. The third-order valence-corrected chi connectivity index (χ3v) is 4.00. The number of aryl methyl sites for hydroxylation is 1. The van der Waals surface area contributed by atoms with Crippen molar-refractivity contribution in [1.29, 1.82) is 0 Å². The molecule has 0 spiro atoms. The third kappa shape index (κ3) is 4.27. The van der Waals surface area contributed by atoms with Gasteiger partial charge in [0.25, 0.3) is 0 Å². The predicted molar refractivity (Wildman–Crippen MR) is 101 cm³/mol. The Labute approximate surface area is 158 Å². The molecular formula is C17H16F3N5OS. The number of ether oxygens (including phenoxy) is 1. The van der Waals surface area contributed by atoms with Crippen LogP contribution in [0.15, 0.2) is 36.7 Å². The van der Waals surface area contributed by atoms with Crippen LogP contribution < -0.4 is 15.4 Å². The molecule has 0 bridgehead atoms. The summed E-state index contributed by atoms with van der Waals surface area (Å²) < 4.78 is 45.2. The molecule has 3 aromatic rings. The lowest BCUT2D eigenvalue weighted by Gasteiger charge is -2.15. The van der Waals surface area contributed by atoms with Crippen molar-refractivity contribution in [3.05, 3.63) is 42.5 Å². The maximum absolute atomic E-state index is 13.0. The number of rotatable bonds is 4. The van der Waals surface area contributed by atoms with E-state index in [1.807, 2.05) is 0 Å². The third-order valence-electron chi connectivity index (χ3n) is 3.79. The lowest BCUT2D eigenvalue weighted by molar-refractivity contribution is -0.140. The van der Waals surface area contributed by atoms with E-state index in [4.69, 9.17) is 17.0 Å². The van der Waals surface area contributed by atoms with Crippen LogP contribution in [-0.4, -0.2) is 32.9 Å². The van der Waals surface area contributed by atoms with Crippen molar-refractivity contribution in [3.8, 4) is 5.75 Å². The van der Waals surface area contributed by atoms with Crippen LogP contribution in [0.3, 0.4) is 0 Å². The zero-order valence-electron chi connectivity index (χ0n) is 14.5. The molecule has 2 N–H and O–H groups in total. The van der Waals surface area contributed by atoms with Crippen molar-refractivity contribution in [3.63, 3.8) is 0 Å². The molecule has 10 heteroatoms. The Kier molecular flexibility index (Phi) is 5.17. The van der Waals surface area contributed by atoms with E-state index in [1.165, 1.54) is 20.2 Å². The number of benzene rings is 1. The number of anilines is 2. The lowest BCUT2D eigenvalue weighted by atomic mass is 10.2. The first-order chi connectivity index (χ1) is 12.8. The Morgan fingerprint density at radius 1 is 1.22 bits per heavy atom. The Bertz CT molecular complexity index is 986. The molecule has 0 aliphatic carbocycles. The molecular weight excluding hydrogens is 379 g/mol. The first kappa shape index (κ1) is 18.9. The number of alkyl halides is 3. The zero-order chi connectivity index (χ0) is 19.6. The van der Waals surface area contributed by atoms with Gasteiger partial charge in [0.2, 0.25) is 0 Å². The molecule has 1 aromatic carbocycles. The Morgan fingerprint density at radius 2 is 1.96 bits per heavy atom. The van der Waals surface area contributed by atoms with Crippen LogP contribution in [0.1, 0.15) is 5.82 Å². The summed E-state index contributed by atoms with van der Waals surface area (Å²) in [5.41, 5.74) is 1.72. The molecule has 0 amide bonds. The van der Waals surface area contributed by atoms with Crippen LogP contribution in [0.5, 0.6) is 5.75 Å². The Balaban J connectivity index is 1.91. The van der Waals surface area contributed by atoms with Crippen LogP contribution in [0.2, 0.25) is 0 Å². The monoisotopic (exact) mass is 395 g/mol. The number of fused-ring (bicyclic) bond motifs is 1. The van der Waals surface area contributed by atoms with Gasteiger partial charge in [-0.1, -0.05) is 6.07 Å². The van der Waals surface area contributed by atoms with E-state index in [9.17, 15) is 13.2 Å². The molecule has 0 aliphatic heterocycles. The summed E-state index contributed by atoms with van der Waals surface area (Å²) in [6.45, 7) is 0.400. The van der Waals surface area contributed by atoms with E-state index in [2.05, 4.69) is 20.6 Å². The number of aromatic nitrogens is 3. The number of halogens is 3. The lowest BCUT2D eigenvalue weighted by Crippen LogP contribution is -2.22. The summed E-state index contributed by atoms with van der Waals surface area (Å²) in [7, 11) is 1.51. The van der Waals surface area contributed by atoms with Gasteiger partial charge in [-0.2, -0.15) is 13.2 Å². The average Bonchev–Trinajstić information content (AvgIpc) is 2.90. The number of methoxy groups -OCH3 is 1. The van der Waals surface area contributed by atoms with E-state index in [0.717, 1.165) is 4.57 Å². The van der Waals surface area contributed by atoms with Crippen LogP contribution in [0.25, 0.3) is 11.0 Å². The summed E-state index contributed by atoms with van der Waals surface area (Å²) in [5, 5.41) is 6.05. The summed E-state index contributed by atoms with van der Waals surface area (Å²) in [6.07, 6.45) is -1.27. The van der Waals surface area contributed by atoms with Gasteiger partial charge < -0.3 is 19.9 Å². The minimum absolute atomic E-state index is 0.186. The summed E-state index contributed by atoms with van der Waals surface area (Å²) in [5.74, 6) is 0.801. The van der Waals surface area contributed by atoms with Gasteiger partial charge in [0.05, 0.1) is 30.0 Å². The fourth-order valence-electron chi connectivity index (χ4n) is 2.70. The number of nitrogens with zero attached hydrogens (tertiary/aromatic N) is 3. The van der Waals surface area contributed by atoms with E-state index >= 15 is 0 Å². The summed E-state index contributed by atoms with van der Waals surface area (Å²) >= 11 is 5.29. The first-order valence-corrected chi connectivity index (χ1v) is 8.28. The van der Waals surface area contributed by atoms with Crippen molar-refractivity contribution in [2.45, 2.75) is 19.6 Å². The van der Waals surface area contributed by atoms with Crippen molar-refractivity contribution >= 4 is 39.7 Å². The summed E-state index contributed by atoms with van der Waals surface area (Å²) in [6, 6.07) is 6.65. The highest BCUT2D eigenvalue weighted by Gasteiger charge is 2.30. The van der Waals surface area contributed by atoms with Crippen LogP contribution in [0, 0.1) is 6.92 Å². The molecule has 0 aliphatic rings. The van der Waals surface area contributed by atoms with Crippen LogP contribution in [0.4, 0.5) is 24.5 Å². The van der Waals surface area contributed by atoms with Gasteiger partial charge in [-0.15, -0.1) is 0 Å². The molecule has 2 aromatic heterocycles. The van der Waals surface area contributed by atoms with Crippen LogP contribution >= 0.6 is 12.2 Å². The van der Waals surface area contributed by atoms with Gasteiger partial charge in [0, 0.05) is 12.3 Å². The quantitative estimate of drug-likeness (QED) is 0.648. The molecule has 0 unspecified atom stereocenters. The van der Waals surface area contributed by atoms with Crippen molar-refractivity contribution in [1.82, 2.24) is 14.5 Å². The van der Waals surface area contributed by atoms with Crippen molar-refractivity contribution < 1.29 is 17.9 Å². The molecule has 27 heavy (non-hydrogen) atoms. The minimum atomic E-state index is -4.37. The second-order valence-electron chi connectivity index (χ2n) is 5.69. The Hall–Kier alpha value is -2.88. The van der Waals surface area contributed by atoms with Gasteiger partial charge in [-0.05, 0) is 31.3 Å². The minimum Gasteiger partial charge on any atom is -0.494 e. The fourth-order valence-corrected chi connectivity index (χ4v) is 2.92. The molecule has 0 radical (unpaired) electrons. The highest BCUT2D eigenvalue weighted by Crippen LogP contribution is 2.29. The number of pyridine rings is 1. The van der Waals surface area contributed by atoms with E-state index in [-0.39, 0.29) is 10.9 Å². The van der Waals surface area contributed by atoms with Crippen LogP contribution in [-0.2, 0) is 6.54 Å². The molecule has 0 saturated carbocycles. The number of hydrogen-bond donors (Lipinski definition) is 2. The molecule has 2 heterocycles. The second-order valence-corrected chi connectivity index (χ2v) is 6.10.